The number of nitrogens with zero attached hydrogens (tertiary/aromatic N) is 1. The van der Waals surface area contributed by atoms with Crippen molar-refractivity contribution in [2.75, 3.05) is 0 Å². The van der Waals surface area contributed by atoms with Crippen LogP contribution in [-0.2, 0) is 0 Å². The van der Waals surface area contributed by atoms with Crippen LogP contribution in [0.1, 0.15) is 49.4 Å². The number of H-pyrrole nitrogens is 1. The van der Waals surface area contributed by atoms with E-state index in [4.69, 9.17) is 0 Å². The lowest BCUT2D eigenvalue weighted by atomic mass is 10.1. The third-order valence-electron chi connectivity index (χ3n) is 2.05. The first kappa shape index (κ1) is 8.97. The van der Waals surface area contributed by atoms with Crippen LogP contribution in [0, 0.1) is 0 Å². The maximum atomic E-state index is 10.9. The molecule has 3 heteroatoms. The second-order valence-corrected chi connectivity index (χ2v) is 3.05. The van der Waals surface area contributed by atoms with Gasteiger partial charge in [-0.1, -0.05) is 13.8 Å². The smallest absolute Gasteiger partial charge is 0.177 e. The van der Waals surface area contributed by atoms with Crippen LogP contribution in [0.2, 0.25) is 0 Å². The summed E-state index contributed by atoms with van der Waals surface area (Å²) >= 11 is 0. The van der Waals surface area contributed by atoms with E-state index in [9.17, 15) is 4.79 Å². The topological polar surface area (TPSA) is 45.8 Å². The van der Waals surface area contributed by atoms with Gasteiger partial charge in [0, 0.05) is 12.8 Å². The summed E-state index contributed by atoms with van der Waals surface area (Å²) in [4.78, 5) is 18.0. The molecule has 1 atom stereocenters. The highest BCUT2D eigenvalue weighted by atomic mass is 16.1. The summed E-state index contributed by atoms with van der Waals surface area (Å²) in [7, 11) is 0. The Bertz CT molecular complexity index is 278. The van der Waals surface area contributed by atoms with Gasteiger partial charge in [-0.05, 0) is 6.42 Å². The molecule has 0 spiro atoms. The number of ketones is 1. The van der Waals surface area contributed by atoms with Crippen LogP contribution in [0.25, 0.3) is 0 Å². The Balaban J connectivity index is 2.84. The van der Waals surface area contributed by atoms with Gasteiger partial charge in [-0.15, -0.1) is 0 Å². The van der Waals surface area contributed by atoms with E-state index in [1.54, 1.807) is 6.20 Å². The van der Waals surface area contributed by atoms with Gasteiger partial charge in [0.2, 0.25) is 0 Å². The van der Waals surface area contributed by atoms with Crippen molar-refractivity contribution in [1.82, 2.24) is 9.97 Å². The van der Waals surface area contributed by atoms with Gasteiger partial charge in [-0.3, -0.25) is 4.79 Å². The number of aromatic amines is 1. The Kier molecular flexibility index (Phi) is 2.63. The lowest BCUT2D eigenvalue weighted by Gasteiger charge is -2.02. The number of Topliss-reactive ketones (excluding diaryl/α,β-unsaturated/α-hetero) is 1. The van der Waals surface area contributed by atoms with Gasteiger partial charge in [0.15, 0.2) is 5.78 Å². The maximum absolute atomic E-state index is 10.9. The van der Waals surface area contributed by atoms with Gasteiger partial charge in [0.1, 0.15) is 11.5 Å². The Morgan fingerprint density at radius 1 is 1.75 bits per heavy atom. The highest BCUT2D eigenvalue weighted by molar-refractivity contribution is 5.91. The summed E-state index contributed by atoms with van der Waals surface area (Å²) in [5.74, 6) is 1.35. The Morgan fingerprint density at radius 3 is 2.83 bits per heavy atom. The molecule has 0 bridgehead atoms. The van der Waals surface area contributed by atoms with Crippen molar-refractivity contribution in [3.63, 3.8) is 0 Å². The predicted molar refractivity (Wildman–Crippen MR) is 47.3 cm³/mol. The summed E-state index contributed by atoms with van der Waals surface area (Å²) in [6, 6.07) is 0. The van der Waals surface area contributed by atoms with E-state index in [1.165, 1.54) is 6.92 Å². The van der Waals surface area contributed by atoms with Crippen molar-refractivity contribution < 1.29 is 4.79 Å². The lowest BCUT2D eigenvalue weighted by molar-refractivity contribution is 0.101. The molecule has 1 heterocycles. The summed E-state index contributed by atoms with van der Waals surface area (Å²) in [5.41, 5.74) is 0.602. The second-order valence-electron chi connectivity index (χ2n) is 3.05. The zero-order chi connectivity index (χ0) is 9.14. The van der Waals surface area contributed by atoms with E-state index >= 15 is 0 Å². The fraction of sp³-hybridized carbons (Fsp3) is 0.556. The van der Waals surface area contributed by atoms with Crippen LogP contribution in [0.15, 0.2) is 6.20 Å². The van der Waals surface area contributed by atoms with E-state index in [0.717, 1.165) is 12.2 Å². The van der Waals surface area contributed by atoms with Crippen LogP contribution in [0.3, 0.4) is 0 Å². The molecular weight excluding hydrogens is 152 g/mol. The number of hydrogen-bond donors (Lipinski definition) is 1. The van der Waals surface area contributed by atoms with Gasteiger partial charge in [-0.25, -0.2) is 4.98 Å². The maximum Gasteiger partial charge on any atom is 0.177 e. The minimum Gasteiger partial charge on any atom is -0.339 e. The van der Waals surface area contributed by atoms with E-state index < -0.39 is 0 Å². The van der Waals surface area contributed by atoms with Crippen LogP contribution < -0.4 is 0 Å². The molecule has 0 aromatic carbocycles. The zero-order valence-corrected chi connectivity index (χ0v) is 7.72. The van der Waals surface area contributed by atoms with Crippen LogP contribution >= 0.6 is 0 Å². The molecule has 0 aliphatic carbocycles. The first-order valence-electron chi connectivity index (χ1n) is 4.21. The van der Waals surface area contributed by atoms with Crippen molar-refractivity contribution in [2.45, 2.75) is 33.1 Å². The molecule has 1 N–H and O–H groups in total. The zero-order valence-electron chi connectivity index (χ0n) is 7.72. The molecule has 12 heavy (non-hydrogen) atoms. The molecule has 1 aromatic heterocycles. The van der Waals surface area contributed by atoms with Gasteiger partial charge in [-0.2, -0.15) is 0 Å². The van der Waals surface area contributed by atoms with Crippen molar-refractivity contribution in [3.05, 3.63) is 17.7 Å². The summed E-state index contributed by atoms with van der Waals surface area (Å²) in [6.45, 7) is 5.72. The SMILES string of the molecule is CCC(C)c1ncc(C(C)=O)[nH]1. The van der Waals surface area contributed by atoms with E-state index in [1.807, 2.05) is 0 Å². The summed E-state index contributed by atoms with van der Waals surface area (Å²) < 4.78 is 0. The van der Waals surface area contributed by atoms with Gasteiger partial charge < -0.3 is 4.98 Å². The fourth-order valence-electron chi connectivity index (χ4n) is 0.959. The summed E-state index contributed by atoms with van der Waals surface area (Å²) in [5, 5.41) is 0. The summed E-state index contributed by atoms with van der Waals surface area (Å²) in [6.07, 6.45) is 2.63. The molecule has 1 rings (SSSR count). The highest BCUT2D eigenvalue weighted by Gasteiger charge is 2.08. The van der Waals surface area contributed by atoms with Gasteiger partial charge in [0.05, 0.1) is 6.20 Å². The fourth-order valence-corrected chi connectivity index (χ4v) is 0.959. The number of aromatic nitrogens is 2. The van der Waals surface area contributed by atoms with Gasteiger partial charge in [0.25, 0.3) is 0 Å². The quantitative estimate of drug-likeness (QED) is 0.699. The molecule has 0 saturated heterocycles. The molecule has 0 radical (unpaired) electrons. The molecule has 0 amide bonds. The first-order chi connectivity index (χ1) is 5.65. The molecule has 3 nitrogen and oxygen atoms in total. The Hall–Kier alpha value is -1.12. The normalized spacial score (nSPS) is 12.9. The van der Waals surface area contributed by atoms with Crippen molar-refractivity contribution in [1.29, 1.82) is 0 Å². The number of nitrogens with one attached hydrogen (secondary N) is 1. The first-order valence-corrected chi connectivity index (χ1v) is 4.21. The van der Waals surface area contributed by atoms with Crippen LogP contribution in [0.4, 0.5) is 0 Å². The third-order valence-corrected chi connectivity index (χ3v) is 2.05. The Labute approximate surface area is 72.2 Å². The third kappa shape index (κ3) is 1.72. The average Bonchev–Trinajstić information content (AvgIpc) is 2.51. The van der Waals surface area contributed by atoms with E-state index in [2.05, 4.69) is 23.8 Å². The van der Waals surface area contributed by atoms with E-state index in [-0.39, 0.29) is 5.78 Å². The molecule has 1 aromatic rings. The monoisotopic (exact) mass is 166 g/mol. The number of carbonyl (C=O) groups excluding carboxylic acids is 1. The van der Waals surface area contributed by atoms with Crippen LogP contribution in [0.5, 0.6) is 0 Å². The molecule has 66 valence electrons. The predicted octanol–water partition coefficient (Wildman–Crippen LogP) is 2.13. The molecular formula is C9H14N2O. The molecule has 0 aliphatic heterocycles. The van der Waals surface area contributed by atoms with Gasteiger partial charge >= 0.3 is 0 Å². The highest BCUT2D eigenvalue weighted by Crippen LogP contribution is 2.14. The standard InChI is InChI=1S/C9H14N2O/c1-4-6(2)9-10-5-8(11-9)7(3)12/h5-6H,4H2,1-3H3,(H,10,11). The molecule has 0 aliphatic rings. The largest absolute Gasteiger partial charge is 0.339 e. The van der Waals surface area contributed by atoms with Crippen LogP contribution in [-0.4, -0.2) is 15.8 Å². The van der Waals surface area contributed by atoms with Crippen molar-refractivity contribution >= 4 is 5.78 Å². The molecule has 0 saturated carbocycles. The molecule has 0 fully saturated rings. The Morgan fingerprint density at radius 2 is 2.42 bits per heavy atom. The number of imidazole rings is 1. The average molecular weight is 166 g/mol. The minimum absolute atomic E-state index is 0.0389. The number of hydrogen-bond acceptors (Lipinski definition) is 2. The minimum atomic E-state index is 0.0389. The van der Waals surface area contributed by atoms with Crippen molar-refractivity contribution in [2.24, 2.45) is 0 Å². The molecule has 1 unspecified atom stereocenters. The number of carbonyl (C=O) groups is 1. The second kappa shape index (κ2) is 3.52. The van der Waals surface area contributed by atoms with E-state index in [0.29, 0.717) is 11.6 Å². The lowest BCUT2D eigenvalue weighted by Crippen LogP contribution is -1.96. The number of rotatable bonds is 3. The van der Waals surface area contributed by atoms with Crippen molar-refractivity contribution in [3.8, 4) is 0 Å².